The van der Waals surface area contributed by atoms with Crippen molar-refractivity contribution in [3.05, 3.63) is 0 Å². The number of amides is 1. The number of nitrogens with zero attached hydrogens (tertiary/aromatic N) is 1. The van der Waals surface area contributed by atoms with Gasteiger partial charge in [-0.05, 0) is 13.8 Å². The Morgan fingerprint density at radius 2 is 2.36 bits per heavy atom. The van der Waals surface area contributed by atoms with E-state index in [1.54, 1.807) is 6.92 Å². The monoisotopic (exact) mass is 175 g/mol. The van der Waals surface area contributed by atoms with Crippen LogP contribution in [0.5, 0.6) is 0 Å². The van der Waals surface area contributed by atoms with Crippen LogP contribution in [-0.2, 0) is 4.79 Å². The molecule has 0 bridgehead atoms. The predicted octanol–water partition coefficient (Wildman–Crippen LogP) is 0.148. The Morgan fingerprint density at radius 1 is 1.73 bits per heavy atom. The number of thioether (sulfide) groups is 1. The van der Waals surface area contributed by atoms with E-state index in [4.69, 9.17) is 5.84 Å². The molecule has 0 atom stereocenters. The number of nitrogens with one attached hydrogen (secondary N) is 1. The average Bonchev–Trinajstić information content (AvgIpc) is 2.01. The van der Waals surface area contributed by atoms with E-state index >= 15 is 0 Å². The van der Waals surface area contributed by atoms with Gasteiger partial charge >= 0.3 is 0 Å². The van der Waals surface area contributed by atoms with E-state index in [-0.39, 0.29) is 5.91 Å². The van der Waals surface area contributed by atoms with Crippen molar-refractivity contribution in [3.63, 3.8) is 0 Å². The zero-order valence-corrected chi connectivity index (χ0v) is 7.57. The van der Waals surface area contributed by atoms with Crippen LogP contribution in [0, 0.1) is 0 Å². The smallest absolute Gasteiger partial charge is 0.230 e. The first-order valence-electron chi connectivity index (χ1n) is 3.34. The molecule has 1 amide bonds. The van der Waals surface area contributed by atoms with Crippen LogP contribution < -0.4 is 11.2 Å². The second-order valence-corrected chi connectivity index (χ2v) is 3.06. The summed E-state index contributed by atoms with van der Waals surface area (Å²) in [6.07, 6.45) is 0. The number of nitrogens with two attached hydrogens (primary N) is 1. The zero-order valence-electron chi connectivity index (χ0n) is 6.76. The number of hydrazone groups is 1. The SMILES string of the molecule is CCNC(=O)CS/C(C)=N/N. The molecule has 0 aliphatic carbocycles. The van der Waals surface area contributed by atoms with Crippen molar-refractivity contribution in [1.82, 2.24) is 5.32 Å². The summed E-state index contributed by atoms with van der Waals surface area (Å²) >= 11 is 1.34. The topological polar surface area (TPSA) is 67.5 Å². The van der Waals surface area contributed by atoms with Crippen molar-refractivity contribution in [2.24, 2.45) is 10.9 Å². The number of hydrogen-bond donors (Lipinski definition) is 2. The van der Waals surface area contributed by atoms with Crippen LogP contribution in [0.3, 0.4) is 0 Å². The third kappa shape index (κ3) is 5.72. The molecule has 0 saturated heterocycles. The summed E-state index contributed by atoms with van der Waals surface area (Å²) in [7, 11) is 0. The van der Waals surface area contributed by atoms with Crippen LogP contribution in [0.2, 0.25) is 0 Å². The Kier molecular flexibility index (Phi) is 5.64. The van der Waals surface area contributed by atoms with Gasteiger partial charge < -0.3 is 11.2 Å². The molecule has 0 rings (SSSR count). The number of carbonyl (C=O) groups is 1. The van der Waals surface area contributed by atoms with Crippen LogP contribution in [0.25, 0.3) is 0 Å². The molecule has 3 N–H and O–H groups in total. The van der Waals surface area contributed by atoms with Gasteiger partial charge in [0.05, 0.1) is 10.8 Å². The van der Waals surface area contributed by atoms with Gasteiger partial charge in [0.15, 0.2) is 0 Å². The third-order valence-electron chi connectivity index (χ3n) is 0.968. The Labute approximate surface area is 70.6 Å². The van der Waals surface area contributed by atoms with Gasteiger partial charge in [0, 0.05) is 6.54 Å². The van der Waals surface area contributed by atoms with E-state index in [2.05, 4.69) is 10.4 Å². The predicted molar refractivity (Wildman–Crippen MR) is 48.4 cm³/mol. The molecule has 0 aliphatic rings. The van der Waals surface area contributed by atoms with E-state index < -0.39 is 0 Å². The minimum atomic E-state index is 0.0144. The number of hydrogen-bond acceptors (Lipinski definition) is 4. The molecule has 0 spiro atoms. The summed E-state index contributed by atoms with van der Waals surface area (Å²) in [5.41, 5.74) is 0. The van der Waals surface area contributed by atoms with E-state index in [1.165, 1.54) is 11.8 Å². The molecule has 0 aromatic heterocycles. The highest BCUT2D eigenvalue weighted by Crippen LogP contribution is 2.00. The fraction of sp³-hybridized carbons (Fsp3) is 0.667. The Morgan fingerprint density at radius 3 is 2.82 bits per heavy atom. The quantitative estimate of drug-likeness (QED) is 0.278. The maximum atomic E-state index is 10.8. The van der Waals surface area contributed by atoms with Gasteiger partial charge in [-0.1, -0.05) is 11.8 Å². The van der Waals surface area contributed by atoms with Crippen LogP contribution >= 0.6 is 11.8 Å². The van der Waals surface area contributed by atoms with Crippen LogP contribution in [0.15, 0.2) is 5.10 Å². The van der Waals surface area contributed by atoms with Crippen molar-refractivity contribution in [2.75, 3.05) is 12.3 Å². The Balaban J connectivity index is 3.46. The molecule has 11 heavy (non-hydrogen) atoms. The van der Waals surface area contributed by atoms with E-state index in [0.29, 0.717) is 12.3 Å². The molecule has 0 aromatic rings. The lowest BCUT2D eigenvalue weighted by molar-refractivity contribution is -0.118. The van der Waals surface area contributed by atoms with Crippen LogP contribution in [-0.4, -0.2) is 23.2 Å². The van der Waals surface area contributed by atoms with Gasteiger partial charge in [0.1, 0.15) is 0 Å². The highest BCUT2D eigenvalue weighted by atomic mass is 32.2. The molecule has 5 heteroatoms. The molecule has 4 nitrogen and oxygen atoms in total. The molecular weight excluding hydrogens is 162 g/mol. The van der Waals surface area contributed by atoms with Gasteiger partial charge in [-0.3, -0.25) is 4.79 Å². The van der Waals surface area contributed by atoms with Gasteiger partial charge in [-0.15, -0.1) is 0 Å². The summed E-state index contributed by atoms with van der Waals surface area (Å²) in [4.78, 5) is 10.8. The molecule has 64 valence electrons. The van der Waals surface area contributed by atoms with E-state index in [0.717, 1.165) is 5.04 Å². The van der Waals surface area contributed by atoms with Crippen LogP contribution in [0.4, 0.5) is 0 Å². The van der Waals surface area contributed by atoms with Crippen molar-refractivity contribution in [3.8, 4) is 0 Å². The van der Waals surface area contributed by atoms with Crippen molar-refractivity contribution < 1.29 is 4.79 Å². The van der Waals surface area contributed by atoms with Crippen molar-refractivity contribution in [1.29, 1.82) is 0 Å². The molecular formula is C6H13N3OS. The fourth-order valence-electron chi connectivity index (χ4n) is 0.455. The summed E-state index contributed by atoms with van der Waals surface area (Å²) in [5, 5.41) is 6.81. The highest BCUT2D eigenvalue weighted by molar-refractivity contribution is 8.14. The first-order valence-corrected chi connectivity index (χ1v) is 4.33. The highest BCUT2D eigenvalue weighted by Gasteiger charge is 1.99. The molecule has 0 fully saturated rings. The van der Waals surface area contributed by atoms with E-state index in [9.17, 15) is 4.79 Å². The largest absolute Gasteiger partial charge is 0.356 e. The Bertz CT molecular complexity index is 158. The van der Waals surface area contributed by atoms with Crippen LogP contribution in [0.1, 0.15) is 13.8 Å². The second kappa shape index (κ2) is 6.03. The standard InChI is InChI=1S/C6H13N3OS/c1-3-8-6(10)4-11-5(2)9-7/h3-4,7H2,1-2H3,(H,8,10)/b9-5+. The van der Waals surface area contributed by atoms with Gasteiger partial charge in [0.2, 0.25) is 5.91 Å². The lowest BCUT2D eigenvalue weighted by Crippen LogP contribution is -2.24. The summed E-state index contributed by atoms with van der Waals surface area (Å²) < 4.78 is 0. The summed E-state index contributed by atoms with van der Waals surface area (Å²) in [6, 6.07) is 0. The van der Waals surface area contributed by atoms with Gasteiger partial charge in [-0.2, -0.15) is 5.10 Å². The number of carbonyl (C=O) groups excluding carboxylic acids is 1. The van der Waals surface area contributed by atoms with Gasteiger partial charge in [-0.25, -0.2) is 0 Å². The van der Waals surface area contributed by atoms with E-state index in [1.807, 2.05) is 6.92 Å². The molecule has 0 unspecified atom stereocenters. The summed E-state index contributed by atoms with van der Waals surface area (Å²) in [6.45, 7) is 4.31. The second-order valence-electron chi connectivity index (χ2n) is 1.89. The molecule has 0 saturated carbocycles. The van der Waals surface area contributed by atoms with Crippen molar-refractivity contribution >= 4 is 22.7 Å². The first-order chi connectivity index (χ1) is 5.20. The molecule has 0 radical (unpaired) electrons. The average molecular weight is 175 g/mol. The zero-order chi connectivity index (χ0) is 8.69. The lowest BCUT2D eigenvalue weighted by atomic mass is 10.6. The maximum Gasteiger partial charge on any atom is 0.230 e. The summed E-state index contributed by atoms with van der Waals surface area (Å²) in [5.74, 6) is 5.37. The third-order valence-corrected chi connectivity index (χ3v) is 1.90. The molecule has 0 aliphatic heterocycles. The minimum absolute atomic E-state index is 0.0144. The maximum absolute atomic E-state index is 10.8. The normalized spacial score (nSPS) is 11.3. The lowest BCUT2D eigenvalue weighted by Gasteiger charge is -1.99. The minimum Gasteiger partial charge on any atom is -0.356 e. The first kappa shape index (κ1) is 10.3. The Hall–Kier alpha value is -0.710. The molecule has 0 aromatic carbocycles. The fourth-order valence-corrected chi connectivity index (χ4v) is 0.972. The molecule has 0 heterocycles. The van der Waals surface area contributed by atoms with Crippen molar-refractivity contribution in [2.45, 2.75) is 13.8 Å². The van der Waals surface area contributed by atoms with Gasteiger partial charge in [0.25, 0.3) is 0 Å². The number of rotatable bonds is 3.